The van der Waals surface area contributed by atoms with Crippen molar-refractivity contribution in [3.05, 3.63) is 90.0 Å². The Morgan fingerprint density at radius 1 is 0.943 bits per heavy atom. The molecule has 10 heteroatoms. The molecule has 3 aromatic carbocycles. The lowest BCUT2D eigenvalue weighted by Gasteiger charge is -2.08. The first-order valence-electron chi connectivity index (χ1n) is 11.0. The molecular weight excluding hydrogens is 464 g/mol. The molecule has 0 bridgehead atoms. The second-order valence-corrected chi connectivity index (χ2v) is 8.45. The van der Waals surface area contributed by atoms with Crippen molar-refractivity contribution in [2.45, 2.75) is 18.4 Å². The summed E-state index contributed by atoms with van der Waals surface area (Å²) in [6.45, 7) is 2.95. The summed E-state index contributed by atoms with van der Waals surface area (Å²) < 4.78 is 5.40. The summed E-state index contributed by atoms with van der Waals surface area (Å²) in [4.78, 5) is 26.9. The molecule has 2 N–H and O–H groups in total. The fourth-order valence-electron chi connectivity index (χ4n) is 3.12. The van der Waals surface area contributed by atoms with Gasteiger partial charge in [-0.25, -0.2) is 0 Å². The standard InChI is InChI=1S/C25H24N6O3S/c1-2-34-21-12-14-22(15-13-21)35-17-23(32)26-28-25(33)20-10-8-18(9-11-20)16-31-29-24(27-30-31)19-6-4-3-5-7-19/h3-15H,2,16-17H2,1H3,(H,26,32)(H,28,33). The highest BCUT2D eigenvalue weighted by Gasteiger charge is 2.10. The molecule has 35 heavy (non-hydrogen) atoms. The first kappa shape index (κ1) is 24.0. The topological polar surface area (TPSA) is 111 Å². The van der Waals surface area contributed by atoms with E-state index in [1.165, 1.54) is 16.6 Å². The van der Waals surface area contributed by atoms with Gasteiger partial charge in [0.15, 0.2) is 0 Å². The fourth-order valence-corrected chi connectivity index (χ4v) is 3.82. The molecule has 1 heterocycles. The van der Waals surface area contributed by atoms with Gasteiger partial charge in [-0.2, -0.15) is 4.80 Å². The van der Waals surface area contributed by atoms with Gasteiger partial charge < -0.3 is 4.74 Å². The average Bonchev–Trinajstić information content (AvgIpc) is 3.36. The van der Waals surface area contributed by atoms with Gasteiger partial charge in [0.1, 0.15) is 5.75 Å². The van der Waals surface area contributed by atoms with Crippen molar-refractivity contribution in [2.24, 2.45) is 0 Å². The second-order valence-electron chi connectivity index (χ2n) is 7.40. The highest BCUT2D eigenvalue weighted by atomic mass is 32.2. The Morgan fingerprint density at radius 2 is 1.69 bits per heavy atom. The van der Waals surface area contributed by atoms with Gasteiger partial charge in [0.25, 0.3) is 5.91 Å². The number of hydrogen-bond acceptors (Lipinski definition) is 7. The lowest BCUT2D eigenvalue weighted by molar-refractivity contribution is -0.119. The molecule has 0 saturated carbocycles. The summed E-state index contributed by atoms with van der Waals surface area (Å²) in [5.41, 5.74) is 7.11. The summed E-state index contributed by atoms with van der Waals surface area (Å²) in [6, 6.07) is 24.1. The number of tetrazole rings is 1. The molecule has 9 nitrogen and oxygen atoms in total. The summed E-state index contributed by atoms with van der Waals surface area (Å²) in [5.74, 6) is 0.803. The second kappa shape index (κ2) is 11.8. The van der Waals surface area contributed by atoms with Crippen LogP contribution in [-0.4, -0.2) is 44.4 Å². The van der Waals surface area contributed by atoms with E-state index in [9.17, 15) is 9.59 Å². The van der Waals surface area contributed by atoms with Gasteiger partial charge >= 0.3 is 0 Å². The number of ether oxygens (including phenoxy) is 1. The molecule has 0 radical (unpaired) electrons. The molecule has 0 saturated heterocycles. The minimum absolute atomic E-state index is 0.170. The van der Waals surface area contributed by atoms with Crippen LogP contribution in [0.1, 0.15) is 22.8 Å². The minimum atomic E-state index is -0.402. The molecule has 0 aliphatic heterocycles. The highest BCUT2D eigenvalue weighted by Crippen LogP contribution is 2.21. The molecule has 4 aromatic rings. The number of hydrazine groups is 1. The van der Waals surface area contributed by atoms with Gasteiger partial charge in [0, 0.05) is 16.0 Å². The number of amides is 2. The maximum atomic E-state index is 12.4. The van der Waals surface area contributed by atoms with Crippen molar-refractivity contribution in [1.29, 1.82) is 0 Å². The van der Waals surface area contributed by atoms with Gasteiger partial charge in [-0.3, -0.25) is 20.4 Å². The number of hydrogen-bond donors (Lipinski definition) is 2. The van der Waals surface area contributed by atoms with Crippen LogP contribution in [0.25, 0.3) is 11.4 Å². The van der Waals surface area contributed by atoms with Gasteiger partial charge in [-0.1, -0.05) is 42.5 Å². The molecule has 0 fully saturated rings. The predicted octanol–water partition coefficient (Wildman–Crippen LogP) is 3.34. The van der Waals surface area contributed by atoms with Crippen molar-refractivity contribution in [2.75, 3.05) is 12.4 Å². The van der Waals surface area contributed by atoms with E-state index >= 15 is 0 Å². The van der Waals surface area contributed by atoms with E-state index in [1.54, 1.807) is 12.1 Å². The summed E-state index contributed by atoms with van der Waals surface area (Å²) >= 11 is 1.37. The zero-order chi connectivity index (χ0) is 24.5. The Morgan fingerprint density at radius 3 is 2.40 bits per heavy atom. The zero-order valence-corrected chi connectivity index (χ0v) is 19.9. The largest absolute Gasteiger partial charge is 0.494 e. The molecule has 0 aliphatic rings. The number of nitrogens with one attached hydrogen (secondary N) is 2. The zero-order valence-electron chi connectivity index (χ0n) is 19.0. The number of aromatic nitrogens is 4. The molecule has 1 aromatic heterocycles. The monoisotopic (exact) mass is 488 g/mol. The van der Waals surface area contributed by atoms with Crippen LogP contribution in [0, 0.1) is 0 Å². The Balaban J connectivity index is 1.23. The quantitative estimate of drug-likeness (QED) is 0.275. The van der Waals surface area contributed by atoms with Gasteiger partial charge in [-0.05, 0) is 54.1 Å². The van der Waals surface area contributed by atoms with E-state index < -0.39 is 5.91 Å². The molecule has 178 valence electrons. The van der Waals surface area contributed by atoms with Crippen LogP contribution in [0.4, 0.5) is 0 Å². The van der Waals surface area contributed by atoms with E-state index in [-0.39, 0.29) is 11.7 Å². The molecule has 2 amide bonds. The lowest BCUT2D eigenvalue weighted by Crippen LogP contribution is -2.42. The Hall–Kier alpha value is -4.18. The van der Waals surface area contributed by atoms with E-state index in [1.807, 2.05) is 73.7 Å². The molecule has 0 atom stereocenters. The van der Waals surface area contributed by atoms with Gasteiger partial charge in [0.05, 0.1) is 18.9 Å². The fraction of sp³-hybridized carbons (Fsp3) is 0.160. The van der Waals surface area contributed by atoms with E-state index in [2.05, 4.69) is 26.3 Å². The molecule has 0 spiro atoms. The van der Waals surface area contributed by atoms with Crippen LogP contribution >= 0.6 is 11.8 Å². The van der Waals surface area contributed by atoms with Crippen molar-refractivity contribution in [1.82, 2.24) is 31.1 Å². The van der Waals surface area contributed by atoms with Crippen molar-refractivity contribution in [3.63, 3.8) is 0 Å². The Labute approximate surface area is 206 Å². The van der Waals surface area contributed by atoms with Gasteiger partial charge in [-0.15, -0.1) is 22.0 Å². The van der Waals surface area contributed by atoms with Crippen LogP contribution in [0.3, 0.4) is 0 Å². The maximum absolute atomic E-state index is 12.4. The van der Waals surface area contributed by atoms with Crippen LogP contribution < -0.4 is 15.6 Å². The molecule has 4 rings (SSSR count). The third-order valence-electron chi connectivity index (χ3n) is 4.85. The number of thioether (sulfide) groups is 1. The maximum Gasteiger partial charge on any atom is 0.269 e. The minimum Gasteiger partial charge on any atom is -0.494 e. The average molecular weight is 489 g/mol. The first-order chi connectivity index (χ1) is 17.1. The smallest absolute Gasteiger partial charge is 0.269 e. The summed E-state index contributed by atoms with van der Waals surface area (Å²) in [7, 11) is 0. The highest BCUT2D eigenvalue weighted by molar-refractivity contribution is 8.00. The summed E-state index contributed by atoms with van der Waals surface area (Å²) in [5, 5.41) is 12.6. The first-order valence-corrected chi connectivity index (χ1v) is 12.0. The molecule has 0 aliphatic carbocycles. The van der Waals surface area contributed by atoms with Crippen LogP contribution in [0.15, 0.2) is 83.8 Å². The summed E-state index contributed by atoms with van der Waals surface area (Å²) in [6.07, 6.45) is 0. The number of nitrogens with zero attached hydrogens (tertiary/aromatic N) is 4. The van der Waals surface area contributed by atoms with E-state index in [4.69, 9.17) is 4.74 Å². The third-order valence-corrected chi connectivity index (χ3v) is 5.86. The normalized spacial score (nSPS) is 10.5. The predicted molar refractivity (Wildman–Crippen MR) is 133 cm³/mol. The SMILES string of the molecule is CCOc1ccc(SCC(=O)NNC(=O)c2ccc(Cn3nnc(-c4ccccc4)n3)cc2)cc1. The lowest BCUT2D eigenvalue weighted by atomic mass is 10.1. The van der Waals surface area contributed by atoms with E-state index in [0.717, 1.165) is 21.8 Å². The Bertz CT molecular complexity index is 1260. The number of benzene rings is 3. The number of carbonyl (C=O) groups is 2. The van der Waals surface area contributed by atoms with E-state index in [0.29, 0.717) is 24.5 Å². The van der Waals surface area contributed by atoms with Crippen LogP contribution in [0.5, 0.6) is 5.75 Å². The third kappa shape index (κ3) is 6.90. The molecular formula is C25H24N6O3S. The number of rotatable bonds is 9. The van der Waals surface area contributed by atoms with Gasteiger partial charge in [0.2, 0.25) is 11.7 Å². The Kier molecular flexibility index (Phi) is 8.08. The van der Waals surface area contributed by atoms with Crippen molar-refractivity contribution >= 4 is 23.6 Å². The number of carbonyl (C=O) groups excluding carboxylic acids is 2. The van der Waals surface area contributed by atoms with Crippen LogP contribution in [0.2, 0.25) is 0 Å². The van der Waals surface area contributed by atoms with Crippen molar-refractivity contribution < 1.29 is 14.3 Å². The van der Waals surface area contributed by atoms with Crippen molar-refractivity contribution in [3.8, 4) is 17.1 Å². The van der Waals surface area contributed by atoms with Crippen LogP contribution in [-0.2, 0) is 11.3 Å². The molecule has 0 unspecified atom stereocenters.